The van der Waals surface area contributed by atoms with Crippen molar-refractivity contribution in [3.63, 3.8) is 0 Å². The van der Waals surface area contributed by atoms with E-state index in [1.54, 1.807) is 0 Å². The third-order valence-corrected chi connectivity index (χ3v) is 2.92. The third kappa shape index (κ3) is 6.37. The summed E-state index contributed by atoms with van der Waals surface area (Å²) in [5.74, 6) is 0.365. The highest BCUT2D eigenvalue weighted by atomic mass is 19.4. The van der Waals surface area contributed by atoms with Gasteiger partial charge in [-0.15, -0.1) is 18.1 Å². The molecule has 110 valence electrons. The van der Waals surface area contributed by atoms with Gasteiger partial charge in [-0.2, -0.15) is 5.01 Å². The van der Waals surface area contributed by atoms with E-state index in [0.717, 1.165) is 25.7 Å². The van der Waals surface area contributed by atoms with Crippen molar-refractivity contribution in [2.45, 2.75) is 32.0 Å². The van der Waals surface area contributed by atoms with Crippen LogP contribution in [0.1, 0.15) is 25.7 Å². The molecule has 1 N–H and O–H groups in total. The molecule has 9 heteroatoms. The average molecular weight is 283 g/mol. The Labute approximate surface area is 108 Å². The van der Waals surface area contributed by atoms with Gasteiger partial charge in [0.05, 0.1) is 18.4 Å². The standard InChI is InChI=1S/C10H16F3N3O3/c11-10(12,13)19-6-5-16(15-18)9(17)14-7-8-3-1-2-4-8/h8H,1-7H2,(H,14,17). The van der Waals surface area contributed by atoms with Crippen LogP contribution in [0.25, 0.3) is 0 Å². The van der Waals surface area contributed by atoms with Crippen molar-refractivity contribution in [2.24, 2.45) is 11.2 Å². The molecule has 1 aliphatic rings. The maximum absolute atomic E-state index is 11.7. The number of ether oxygens (including phenoxy) is 1. The van der Waals surface area contributed by atoms with Crippen molar-refractivity contribution in [3.8, 4) is 0 Å². The van der Waals surface area contributed by atoms with Gasteiger partial charge < -0.3 is 5.32 Å². The summed E-state index contributed by atoms with van der Waals surface area (Å²) in [7, 11) is 0. The molecule has 1 rings (SSSR count). The molecule has 0 unspecified atom stereocenters. The molecule has 0 heterocycles. The van der Waals surface area contributed by atoms with E-state index in [-0.39, 0.29) is 0 Å². The Morgan fingerprint density at radius 3 is 2.53 bits per heavy atom. The fourth-order valence-electron chi connectivity index (χ4n) is 1.96. The molecule has 0 aromatic rings. The van der Waals surface area contributed by atoms with Crippen LogP contribution in [0.4, 0.5) is 18.0 Å². The van der Waals surface area contributed by atoms with E-state index in [2.05, 4.69) is 15.3 Å². The number of halogens is 3. The summed E-state index contributed by atoms with van der Waals surface area (Å²) in [6.07, 6.45) is -0.557. The number of nitroso groups, excluding NO2 is 1. The molecular weight excluding hydrogens is 267 g/mol. The summed E-state index contributed by atoms with van der Waals surface area (Å²) in [5, 5.41) is 5.25. The lowest BCUT2D eigenvalue weighted by atomic mass is 10.1. The fraction of sp³-hybridized carbons (Fsp3) is 0.900. The highest BCUT2D eigenvalue weighted by Crippen LogP contribution is 2.23. The van der Waals surface area contributed by atoms with Crippen LogP contribution in [-0.2, 0) is 4.74 Å². The van der Waals surface area contributed by atoms with Gasteiger partial charge in [0.2, 0.25) is 0 Å². The SMILES string of the molecule is O=NN(CCOC(F)(F)F)C(=O)NCC1CCCC1. The number of hydrogen-bond acceptors (Lipinski definition) is 4. The second kappa shape index (κ2) is 7.27. The Kier molecular flexibility index (Phi) is 6.00. The van der Waals surface area contributed by atoms with Crippen LogP contribution in [-0.4, -0.2) is 37.1 Å². The zero-order valence-electron chi connectivity index (χ0n) is 10.3. The van der Waals surface area contributed by atoms with Gasteiger partial charge in [0.15, 0.2) is 0 Å². The minimum Gasteiger partial charge on any atom is -0.336 e. The number of urea groups is 1. The largest absolute Gasteiger partial charge is 0.522 e. The van der Waals surface area contributed by atoms with E-state index in [4.69, 9.17) is 0 Å². The van der Waals surface area contributed by atoms with Crippen LogP contribution < -0.4 is 5.32 Å². The van der Waals surface area contributed by atoms with Crippen LogP contribution >= 0.6 is 0 Å². The molecule has 0 aromatic heterocycles. The number of alkyl halides is 3. The average Bonchev–Trinajstić information content (AvgIpc) is 2.83. The predicted octanol–water partition coefficient (Wildman–Crippen LogP) is 2.41. The number of carbonyl (C=O) groups excluding carboxylic acids is 1. The Bertz CT molecular complexity index is 306. The minimum absolute atomic E-state index is 0.365. The zero-order valence-corrected chi connectivity index (χ0v) is 10.3. The number of amides is 2. The molecule has 0 radical (unpaired) electrons. The Morgan fingerprint density at radius 2 is 2.00 bits per heavy atom. The summed E-state index contributed by atoms with van der Waals surface area (Å²) in [6.45, 7) is -0.962. The molecule has 0 aliphatic heterocycles. The molecule has 1 fully saturated rings. The highest BCUT2D eigenvalue weighted by molar-refractivity contribution is 5.73. The summed E-state index contributed by atoms with van der Waals surface area (Å²) < 4.78 is 38.6. The van der Waals surface area contributed by atoms with Gasteiger partial charge in [-0.3, -0.25) is 4.74 Å². The van der Waals surface area contributed by atoms with Crippen molar-refractivity contribution in [1.82, 2.24) is 10.3 Å². The maximum atomic E-state index is 11.7. The monoisotopic (exact) mass is 283 g/mol. The second-order valence-corrected chi connectivity index (χ2v) is 4.34. The molecule has 0 bridgehead atoms. The summed E-state index contributed by atoms with van der Waals surface area (Å²) in [5.41, 5.74) is 0. The molecule has 19 heavy (non-hydrogen) atoms. The molecule has 0 spiro atoms. The lowest BCUT2D eigenvalue weighted by Gasteiger charge is -2.16. The van der Waals surface area contributed by atoms with Crippen LogP contribution in [0.3, 0.4) is 0 Å². The molecule has 1 saturated carbocycles. The molecule has 0 aromatic carbocycles. The van der Waals surface area contributed by atoms with Crippen LogP contribution in [0, 0.1) is 10.8 Å². The fourth-order valence-corrected chi connectivity index (χ4v) is 1.96. The molecular formula is C10H16F3N3O3. The van der Waals surface area contributed by atoms with E-state index in [1.807, 2.05) is 0 Å². The van der Waals surface area contributed by atoms with E-state index < -0.39 is 25.5 Å². The zero-order chi connectivity index (χ0) is 14.3. The minimum atomic E-state index is -4.78. The van der Waals surface area contributed by atoms with Crippen molar-refractivity contribution in [2.75, 3.05) is 19.7 Å². The van der Waals surface area contributed by atoms with Gasteiger partial charge in [0.25, 0.3) is 0 Å². The topological polar surface area (TPSA) is 71.0 Å². The summed E-state index contributed by atoms with van der Waals surface area (Å²) >= 11 is 0. The predicted molar refractivity (Wildman–Crippen MR) is 59.9 cm³/mol. The lowest BCUT2D eigenvalue weighted by Crippen LogP contribution is -2.40. The molecule has 1 aliphatic carbocycles. The molecule has 0 saturated heterocycles. The Hall–Kier alpha value is -1.38. The maximum Gasteiger partial charge on any atom is 0.522 e. The smallest absolute Gasteiger partial charge is 0.336 e. The third-order valence-electron chi connectivity index (χ3n) is 2.92. The number of nitrogens with one attached hydrogen (secondary N) is 1. The first-order valence-electron chi connectivity index (χ1n) is 6.01. The van der Waals surface area contributed by atoms with E-state index in [9.17, 15) is 22.9 Å². The molecule has 6 nitrogen and oxygen atoms in total. The number of hydrogen-bond donors (Lipinski definition) is 1. The van der Waals surface area contributed by atoms with Gasteiger partial charge in [0, 0.05) is 6.54 Å². The highest BCUT2D eigenvalue weighted by Gasteiger charge is 2.29. The Morgan fingerprint density at radius 1 is 1.37 bits per heavy atom. The second-order valence-electron chi connectivity index (χ2n) is 4.34. The van der Waals surface area contributed by atoms with Gasteiger partial charge in [0.1, 0.15) is 0 Å². The van der Waals surface area contributed by atoms with Crippen LogP contribution in [0.15, 0.2) is 5.29 Å². The van der Waals surface area contributed by atoms with E-state index in [1.165, 1.54) is 0 Å². The van der Waals surface area contributed by atoms with Gasteiger partial charge >= 0.3 is 12.4 Å². The van der Waals surface area contributed by atoms with Gasteiger partial charge in [-0.05, 0) is 18.8 Å². The van der Waals surface area contributed by atoms with Crippen molar-refractivity contribution in [3.05, 3.63) is 4.91 Å². The summed E-state index contributed by atoms with van der Waals surface area (Å²) in [6, 6.07) is -0.798. The van der Waals surface area contributed by atoms with Crippen molar-refractivity contribution in [1.29, 1.82) is 0 Å². The molecule has 2 amide bonds. The summed E-state index contributed by atoms with van der Waals surface area (Å²) in [4.78, 5) is 21.8. The van der Waals surface area contributed by atoms with Crippen molar-refractivity contribution >= 4 is 6.03 Å². The number of rotatable bonds is 6. The first-order chi connectivity index (χ1) is 8.92. The number of carbonyl (C=O) groups is 1. The Balaban J connectivity index is 2.24. The van der Waals surface area contributed by atoms with E-state index in [0.29, 0.717) is 17.5 Å². The van der Waals surface area contributed by atoms with Crippen LogP contribution in [0.5, 0.6) is 0 Å². The number of nitrogens with zero attached hydrogens (tertiary/aromatic N) is 2. The normalized spacial score (nSPS) is 16.4. The quantitative estimate of drug-likeness (QED) is 0.601. The van der Waals surface area contributed by atoms with Crippen LogP contribution in [0.2, 0.25) is 0 Å². The first kappa shape index (κ1) is 15.7. The lowest BCUT2D eigenvalue weighted by molar-refractivity contribution is -0.324. The van der Waals surface area contributed by atoms with Crippen molar-refractivity contribution < 1.29 is 22.7 Å². The van der Waals surface area contributed by atoms with Gasteiger partial charge in [-0.1, -0.05) is 12.8 Å². The first-order valence-corrected chi connectivity index (χ1v) is 6.01. The molecule has 0 atom stereocenters. The van der Waals surface area contributed by atoms with Gasteiger partial charge in [-0.25, -0.2) is 4.79 Å². The van der Waals surface area contributed by atoms with E-state index >= 15 is 0 Å².